The van der Waals surface area contributed by atoms with Gasteiger partial charge in [-0.3, -0.25) is 0 Å². The van der Waals surface area contributed by atoms with E-state index in [4.69, 9.17) is 0 Å². The van der Waals surface area contributed by atoms with Crippen LogP contribution in [0.4, 0.5) is 39.5 Å². The first-order valence-electron chi connectivity index (χ1n) is 7.77. The molecule has 0 radical (unpaired) electrons. The van der Waals surface area contributed by atoms with Crippen LogP contribution in [0.15, 0.2) is 23.3 Å². The summed E-state index contributed by atoms with van der Waals surface area (Å²) in [4.78, 5) is 0. The van der Waals surface area contributed by atoms with Crippen molar-refractivity contribution in [3.05, 3.63) is 23.3 Å². The molecule has 11 heteroatoms. The predicted octanol–water partition coefficient (Wildman–Crippen LogP) is 6.15. The summed E-state index contributed by atoms with van der Waals surface area (Å²) in [6, 6.07) is 0. The summed E-state index contributed by atoms with van der Waals surface area (Å²) in [5, 5.41) is 0. The highest BCUT2D eigenvalue weighted by Crippen LogP contribution is 2.44. The molecule has 2 aliphatic rings. The quantitative estimate of drug-likeness (QED) is 0.517. The Labute approximate surface area is 142 Å². The van der Waals surface area contributed by atoms with E-state index in [1.54, 1.807) is 0 Å². The van der Waals surface area contributed by atoms with E-state index in [1.807, 2.05) is 0 Å². The van der Waals surface area contributed by atoms with E-state index in [0.29, 0.717) is 0 Å². The Bertz CT molecular complexity index is 572. The highest BCUT2D eigenvalue weighted by molar-refractivity contribution is 5.35. The van der Waals surface area contributed by atoms with Crippen molar-refractivity contribution in [2.45, 2.75) is 63.2 Å². The van der Waals surface area contributed by atoms with Gasteiger partial charge in [-0.15, -0.1) is 13.2 Å². The van der Waals surface area contributed by atoms with Crippen LogP contribution in [0.25, 0.3) is 0 Å². The SMILES string of the molecule is FC1=CCCC(F)=C1C(F)(F)OC1CCC(C(F)(F)OC(F)(F)F)CC1. The van der Waals surface area contributed by atoms with Crippen molar-refractivity contribution in [2.75, 3.05) is 0 Å². The molecule has 0 amide bonds. The van der Waals surface area contributed by atoms with E-state index in [9.17, 15) is 39.5 Å². The van der Waals surface area contributed by atoms with Crippen LogP contribution in [0, 0.1) is 5.92 Å². The minimum absolute atomic E-state index is 0.0867. The van der Waals surface area contributed by atoms with Crippen molar-refractivity contribution >= 4 is 0 Å². The summed E-state index contributed by atoms with van der Waals surface area (Å²) in [6.45, 7) is 0. The molecule has 1 fully saturated rings. The van der Waals surface area contributed by atoms with Crippen molar-refractivity contribution in [1.29, 1.82) is 0 Å². The Balaban J connectivity index is 1.97. The number of ether oxygens (including phenoxy) is 2. The van der Waals surface area contributed by atoms with Gasteiger partial charge in [0.1, 0.15) is 17.2 Å². The van der Waals surface area contributed by atoms with Gasteiger partial charge in [0.25, 0.3) is 0 Å². The average molecular weight is 398 g/mol. The normalized spacial score (nSPS) is 26.1. The van der Waals surface area contributed by atoms with Crippen LogP contribution in [-0.2, 0) is 9.47 Å². The molecule has 0 heterocycles. The number of allylic oxidation sites excluding steroid dienone is 2. The summed E-state index contributed by atoms with van der Waals surface area (Å²) in [5.74, 6) is -4.66. The lowest BCUT2D eigenvalue weighted by atomic mass is 9.86. The molecule has 0 aromatic carbocycles. The second kappa shape index (κ2) is 7.41. The van der Waals surface area contributed by atoms with Gasteiger partial charge in [-0.25, -0.2) is 13.5 Å². The summed E-state index contributed by atoms with van der Waals surface area (Å²) >= 11 is 0. The molecule has 0 aromatic rings. The Hall–Kier alpha value is -1.23. The second-order valence-electron chi connectivity index (χ2n) is 6.09. The van der Waals surface area contributed by atoms with Gasteiger partial charge in [-0.2, -0.15) is 17.6 Å². The van der Waals surface area contributed by atoms with Gasteiger partial charge in [0, 0.05) is 6.42 Å². The van der Waals surface area contributed by atoms with Crippen LogP contribution < -0.4 is 0 Å². The van der Waals surface area contributed by atoms with Crippen molar-refractivity contribution in [3.8, 4) is 0 Å². The molecule has 0 saturated heterocycles. The van der Waals surface area contributed by atoms with Crippen molar-refractivity contribution < 1.29 is 49.0 Å². The third-order valence-corrected chi connectivity index (χ3v) is 4.20. The number of hydrogen-bond acceptors (Lipinski definition) is 2. The maximum atomic E-state index is 14.0. The minimum Gasteiger partial charge on any atom is -0.313 e. The first-order chi connectivity index (χ1) is 11.8. The van der Waals surface area contributed by atoms with Crippen LogP contribution in [-0.4, -0.2) is 24.7 Å². The van der Waals surface area contributed by atoms with E-state index in [0.717, 1.165) is 6.08 Å². The molecule has 26 heavy (non-hydrogen) atoms. The van der Waals surface area contributed by atoms with Gasteiger partial charge in [0.15, 0.2) is 0 Å². The first kappa shape index (κ1) is 21.1. The maximum absolute atomic E-state index is 14.0. The first-order valence-corrected chi connectivity index (χ1v) is 7.77. The third kappa shape index (κ3) is 5.15. The summed E-state index contributed by atoms with van der Waals surface area (Å²) in [5.41, 5.74) is -1.53. The van der Waals surface area contributed by atoms with Gasteiger partial charge >= 0.3 is 18.6 Å². The molecule has 2 nitrogen and oxygen atoms in total. The van der Waals surface area contributed by atoms with Gasteiger partial charge in [-0.05, 0) is 38.2 Å². The zero-order valence-corrected chi connectivity index (χ0v) is 13.2. The highest BCUT2D eigenvalue weighted by Gasteiger charge is 2.52. The highest BCUT2D eigenvalue weighted by atomic mass is 19.4. The Kier molecular flexibility index (Phi) is 6.01. The fourth-order valence-electron chi connectivity index (χ4n) is 3.00. The minimum atomic E-state index is -5.54. The topological polar surface area (TPSA) is 18.5 Å². The average Bonchev–Trinajstić information content (AvgIpc) is 2.44. The molecule has 2 rings (SSSR count). The predicted molar refractivity (Wildman–Crippen MR) is 70.4 cm³/mol. The molecular formula is C15H15F9O2. The molecule has 0 aromatic heterocycles. The van der Waals surface area contributed by atoms with E-state index in [2.05, 4.69) is 9.47 Å². The third-order valence-electron chi connectivity index (χ3n) is 4.20. The van der Waals surface area contributed by atoms with Gasteiger partial charge in [0.05, 0.1) is 12.0 Å². The molecule has 0 atom stereocenters. The second-order valence-corrected chi connectivity index (χ2v) is 6.09. The van der Waals surface area contributed by atoms with Gasteiger partial charge in [0.2, 0.25) is 0 Å². The lowest BCUT2D eigenvalue weighted by molar-refractivity contribution is -0.439. The Morgan fingerprint density at radius 1 is 0.885 bits per heavy atom. The largest absolute Gasteiger partial charge is 0.527 e. The number of hydrogen-bond donors (Lipinski definition) is 0. The van der Waals surface area contributed by atoms with E-state index in [1.165, 1.54) is 0 Å². The fraction of sp³-hybridized carbons (Fsp3) is 0.733. The van der Waals surface area contributed by atoms with Gasteiger partial charge in [-0.1, -0.05) is 0 Å². The summed E-state index contributed by atoms with van der Waals surface area (Å²) in [6.07, 6.45) is -17.4. The lowest BCUT2D eigenvalue weighted by Gasteiger charge is -2.35. The van der Waals surface area contributed by atoms with E-state index < -0.39 is 79.9 Å². The van der Waals surface area contributed by atoms with Crippen molar-refractivity contribution in [1.82, 2.24) is 0 Å². The molecule has 0 spiro atoms. The maximum Gasteiger partial charge on any atom is 0.527 e. The zero-order valence-electron chi connectivity index (χ0n) is 13.2. The van der Waals surface area contributed by atoms with E-state index in [-0.39, 0.29) is 6.42 Å². The van der Waals surface area contributed by atoms with Crippen LogP contribution >= 0.6 is 0 Å². The fourth-order valence-corrected chi connectivity index (χ4v) is 3.00. The molecule has 150 valence electrons. The Morgan fingerprint density at radius 2 is 1.46 bits per heavy atom. The van der Waals surface area contributed by atoms with Crippen LogP contribution in [0.2, 0.25) is 0 Å². The van der Waals surface area contributed by atoms with Crippen molar-refractivity contribution in [2.24, 2.45) is 5.92 Å². The lowest BCUT2D eigenvalue weighted by Crippen LogP contribution is -2.41. The van der Waals surface area contributed by atoms with E-state index >= 15 is 0 Å². The molecule has 2 aliphatic carbocycles. The van der Waals surface area contributed by atoms with Crippen LogP contribution in [0.3, 0.4) is 0 Å². The number of alkyl halides is 7. The monoisotopic (exact) mass is 398 g/mol. The van der Waals surface area contributed by atoms with Crippen LogP contribution in [0.1, 0.15) is 38.5 Å². The molecule has 0 aliphatic heterocycles. The molecule has 1 saturated carbocycles. The molecule has 0 unspecified atom stereocenters. The number of halogens is 9. The van der Waals surface area contributed by atoms with Crippen LogP contribution in [0.5, 0.6) is 0 Å². The Morgan fingerprint density at radius 3 is 1.96 bits per heavy atom. The summed E-state index contributed by atoms with van der Waals surface area (Å²) in [7, 11) is 0. The summed E-state index contributed by atoms with van der Waals surface area (Å²) < 4.78 is 125. The molecule has 0 bridgehead atoms. The zero-order chi connectivity index (χ0) is 19.8. The smallest absolute Gasteiger partial charge is 0.313 e. The molecule has 0 N–H and O–H groups in total. The standard InChI is InChI=1S/C15H15F9O2/c16-10-2-1-3-11(17)12(10)14(20,21)25-9-6-4-8(5-7-9)13(18,19)26-15(22,23)24/h2,8-9H,1,3-7H2. The van der Waals surface area contributed by atoms with Gasteiger partial charge < -0.3 is 4.74 Å². The molecular weight excluding hydrogens is 383 g/mol. The number of rotatable bonds is 5. The van der Waals surface area contributed by atoms with Crippen molar-refractivity contribution in [3.63, 3.8) is 0 Å².